The Labute approximate surface area is 205 Å². The van der Waals surface area contributed by atoms with E-state index in [1.807, 2.05) is 4.90 Å². The van der Waals surface area contributed by atoms with E-state index in [0.717, 1.165) is 0 Å². The smallest absolute Gasteiger partial charge is 0.229 e. The Balaban J connectivity index is 1.35. The van der Waals surface area contributed by atoms with Crippen LogP contribution in [0, 0.1) is 11.8 Å². The molecular formula is C22H40F2N8O3. The van der Waals surface area contributed by atoms with Gasteiger partial charge in [-0.05, 0) is 25.9 Å². The number of methoxy groups -OCH3 is 1. The second-order valence-corrected chi connectivity index (χ2v) is 10.2. The molecule has 0 spiro atoms. The predicted octanol–water partition coefficient (Wildman–Crippen LogP) is -2.93. The highest BCUT2D eigenvalue weighted by atomic mass is 19.1. The topological polar surface area (TPSA) is 150 Å². The van der Waals surface area contributed by atoms with Gasteiger partial charge in [0, 0.05) is 52.3 Å². The van der Waals surface area contributed by atoms with E-state index in [2.05, 4.69) is 26.2 Å². The molecule has 0 aliphatic carbocycles. The van der Waals surface area contributed by atoms with Crippen LogP contribution >= 0.6 is 0 Å². The fraction of sp³-hybridized carbons (Fsp3) is 0.909. The van der Waals surface area contributed by atoms with Crippen LogP contribution in [0.5, 0.6) is 0 Å². The number of likely N-dealkylation sites (tertiary alicyclic amines) is 2. The molecule has 200 valence electrons. The zero-order valence-corrected chi connectivity index (χ0v) is 20.3. The Bertz CT molecular complexity index is 727. The number of ether oxygens (including phenoxy) is 1. The average Bonchev–Trinajstić information content (AvgIpc) is 2.80. The molecule has 0 aromatic heterocycles. The summed E-state index contributed by atoms with van der Waals surface area (Å²) in [5, 5.41) is 11.9. The molecular weight excluding hydrogens is 462 g/mol. The third kappa shape index (κ3) is 6.09. The van der Waals surface area contributed by atoms with Crippen LogP contribution in [0.4, 0.5) is 8.78 Å². The number of hydrogen-bond acceptors (Lipinski definition) is 9. The molecule has 0 aromatic rings. The third-order valence-electron chi connectivity index (χ3n) is 7.80. The lowest BCUT2D eigenvalue weighted by Gasteiger charge is -2.46. The van der Waals surface area contributed by atoms with E-state index < -0.39 is 48.6 Å². The molecule has 4 saturated heterocycles. The summed E-state index contributed by atoms with van der Waals surface area (Å²) < 4.78 is 33.9. The largest absolute Gasteiger partial charge is 0.378 e. The molecule has 11 nitrogen and oxygen atoms in total. The van der Waals surface area contributed by atoms with Crippen molar-refractivity contribution in [3.63, 3.8) is 0 Å². The number of piperidine rings is 2. The summed E-state index contributed by atoms with van der Waals surface area (Å²) in [6, 6.07) is -1.01. The SMILES string of the molecule is COC1CN(C(=O)C2CCN(C3C(F)CNCC3NC(=O)C(C(N)N)C3NCC(F)CN3)CC2)C1. The summed E-state index contributed by atoms with van der Waals surface area (Å²) in [6.07, 6.45) is -2.36. The maximum atomic E-state index is 15.2. The van der Waals surface area contributed by atoms with Gasteiger partial charge in [0.2, 0.25) is 11.8 Å². The summed E-state index contributed by atoms with van der Waals surface area (Å²) in [6.45, 7) is 3.24. The first-order chi connectivity index (χ1) is 16.8. The molecule has 35 heavy (non-hydrogen) atoms. The lowest BCUT2D eigenvalue weighted by molar-refractivity contribution is -0.149. The number of alkyl halides is 2. The standard InChI is InChI=1S/C22H40F2N8O3/c1-35-14-10-32(11-14)22(34)12-2-4-31(5-3-12)18-15(24)8-27-9-16(18)30-21(33)17(19(25)26)20-28-6-13(23)7-29-20/h12-20,27-29H,2-11,25-26H2,1H3,(H,30,33). The van der Waals surface area contributed by atoms with Crippen molar-refractivity contribution in [1.82, 2.24) is 31.1 Å². The minimum atomic E-state index is -1.18. The zero-order valence-electron chi connectivity index (χ0n) is 20.3. The van der Waals surface area contributed by atoms with Crippen LogP contribution in [0.25, 0.3) is 0 Å². The number of rotatable bonds is 7. The maximum absolute atomic E-state index is 15.2. The highest BCUT2D eigenvalue weighted by Gasteiger charge is 2.43. The Morgan fingerprint density at radius 2 is 1.71 bits per heavy atom. The van der Waals surface area contributed by atoms with Crippen LogP contribution in [0.1, 0.15) is 12.8 Å². The molecule has 0 bridgehead atoms. The van der Waals surface area contributed by atoms with E-state index in [0.29, 0.717) is 45.6 Å². The lowest BCUT2D eigenvalue weighted by atomic mass is 9.89. The van der Waals surface area contributed by atoms with Gasteiger partial charge in [-0.1, -0.05) is 0 Å². The average molecular weight is 503 g/mol. The number of nitrogens with zero attached hydrogens (tertiary/aromatic N) is 2. The van der Waals surface area contributed by atoms with Gasteiger partial charge in [-0.2, -0.15) is 0 Å². The fourth-order valence-electron chi connectivity index (χ4n) is 5.70. The van der Waals surface area contributed by atoms with Crippen LogP contribution < -0.4 is 32.7 Å². The number of nitrogens with one attached hydrogen (secondary N) is 4. The second-order valence-electron chi connectivity index (χ2n) is 10.2. The number of amides is 2. The van der Waals surface area contributed by atoms with Crippen LogP contribution in [-0.4, -0.2) is 124 Å². The van der Waals surface area contributed by atoms with E-state index in [1.54, 1.807) is 7.11 Å². The molecule has 0 saturated carbocycles. The van der Waals surface area contributed by atoms with Crippen molar-refractivity contribution in [2.45, 2.75) is 55.7 Å². The molecule has 4 atom stereocenters. The third-order valence-corrected chi connectivity index (χ3v) is 7.80. The maximum Gasteiger partial charge on any atom is 0.229 e. The Kier molecular flexibility index (Phi) is 8.90. The highest BCUT2D eigenvalue weighted by Crippen LogP contribution is 2.27. The molecule has 0 radical (unpaired) electrons. The van der Waals surface area contributed by atoms with Gasteiger partial charge in [-0.25, -0.2) is 8.78 Å². The molecule has 4 heterocycles. The molecule has 8 N–H and O–H groups in total. The zero-order chi connectivity index (χ0) is 25.1. The van der Waals surface area contributed by atoms with Crippen molar-refractivity contribution in [2.24, 2.45) is 23.3 Å². The predicted molar refractivity (Wildman–Crippen MR) is 126 cm³/mol. The monoisotopic (exact) mass is 502 g/mol. The summed E-state index contributed by atoms with van der Waals surface area (Å²) in [4.78, 5) is 29.8. The Hall–Kier alpha value is -1.48. The Morgan fingerprint density at radius 3 is 2.31 bits per heavy atom. The van der Waals surface area contributed by atoms with Crippen molar-refractivity contribution < 1.29 is 23.1 Å². The first kappa shape index (κ1) is 26.6. The van der Waals surface area contributed by atoms with Gasteiger partial charge < -0.3 is 31.7 Å². The van der Waals surface area contributed by atoms with Gasteiger partial charge in [-0.15, -0.1) is 0 Å². The molecule has 4 fully saturated rings. The van der Waals surface area contributed by atoms with Gasteiger partial charge in [0.1, 0.15) is 12.3 Å². The van der Waals surface area contributed by atoms with Crippen LogP contribution in [0.15, 0.2) is 0 Å². The van der Waals surface area contributed by atoms with E-state index in [1.165, 1.54) is 0 Å². The minimum Gasteiger partial charge on any atom is -0.378 e. The van der Waals surface area contributed by atoms with Crippen LogP contribution in [0.3, 0.4) is 0 Å². The molecule has 13 heteroatoms. The summed E-state index contributed by atoms with van der Waals surface area (Å²) in [5.74, 6) is -1.17. The highest BCUT2D eigenvalue weighted by molar-refractivity contribution is 5.81. The lowest BCUT2D eigenvalue weighted by Crippen LogP contribution is -2.69. The quantitative estimate of drug-likeness (QED) is 0.201. The van der Waals surface area contributed by atoms with Gasteiger partial charge >= 0.3 is 0 Å². The van der Waals surface area contributed by atoms with Gasteiger partial charge in [-0.3, -0.25) is 25.1 Å². The van der Waals surface area contributed by atoms with Crippen LogP contribution in [0.2, 0.25) is 0 Å². The number of carbonyl (C=O) groups is 2. The fourth-order valence-corrected chi connectivity index (χ4v) is 5.70. The molecule has 4 aliphatic heterocycles. The van der Waals surface area contributed by atoms with Crippen molar-refractivity contribution in [1.29, 1.82) is 0 Å². The van der Waals surface area contributed by atoms with Crippen molar-refractivity contribution in [2.75, 3.05) is 59.5 Å². The van der Waals surface area contributed by atoms with Crippen molar-refractivity contribution in [3.05, 3.63) is 0 Å². The first-order valence-corrected chi connectivity index (χ1v) is 12.6. The second kappa shape index (κ2) is 11.7. The number of halogens is 2. The van der Waals surface area contributed by atoms with Crippen LogP contribution in [-0.2, 0) is 14.3 Å². The van der Waals surface area contributed by atoms with E-state index in [-0.39, 0.29) is 37.6 Å². The molecule has 4 rings (SSSR count). The molecule has 0 aromatic carbocycles. The van der Waals surface area contributed by atoms with E-state index >= 15 is 4.39 Å². The van der Waals surface area contributed by atoms with E-state index in [9.17, 15) is 14.0 Å². The normalized spacial score (nSPS) is 34.5. The minimum absolute atomic E-state index is 0.0701. The summed E-state index contributed by atoms with van der Waals surface area (Å²) in [5.41, 5.74) is 11.8. The van der Waals surface area contributed by atoms with Gasteiger partial charge in [0.15, 0.2) is 0 Å². The van der Waals surface area contributed by atoms with Gasteiger partial charge in [0.25, 0.3) is 0 Å². The van der Waals surface area contributed by atoms with Crippen molar-refractivity contribution in [3.8, 4) is 0 Å². The summed E-state index contributed by atoms with van der Waals surface area (Å²) >= 11 is 0. The number of carbonyl (C=O) groups excluding carboxylic acids is 2. The molecule has 4 aliphatic rings. The molecule has 4 unspecified atom stereocenters. The van der Waals surface area contributed by atoms with E-state index in [4.69, 9.17) is 16.2 Å². The number of nitrogens with two attached hydrogens (primary N) is 2. The number of hydrogen-bond donors (Lipinski definition) is 6. The van der Waals surface area contributed by atoms with Crippen molar-refractivity contribution >= 4 is 11.8 Å². The van der Waals surface area contributed by atoms with Gasteiger partial charge in [0.05, 0.1) is 36.4 Å². The summed E-state index contributed by atoms with van der Waals surface area (Å²) in [7, 11) is 1.65. The first-order valence-electron chi connectivity index (χ1n) is 12.6. The Morgan fingerprint density at radius 1 is 1.06 bits per heavy atom. The molecule has 2 amide bonds.